The number of piperidine rings is 1. The molecule has 2 aliphatic heterocycles. The van der Waals surface area contributed by atoms with Crippen molar-refractivity contribution in [2.24, 2.45) is 11.8 Å². The van der Waals surface area contributed by atoms with Gasteiger partial charge in [-0.05, 0) is 61.9 Å². The quantitative estimate of drug-likeness (QED) is 0.181. The van der Waals surface area contributed by atoms with Crippen molar-refractivity contribution >= 4 is 23.0 Å². The van der Waals surface area contributed by atoms with Gasteiger partial charge in [0.1, 0.15) is 5.69 Å². The van der Waals surface area contributed by atoms with Crippen molar-refractivity contribution in [2.45, 2.75) is 51.1 Å². The normalized spacial score (nSPS) is 23.3. The highest BCUT2D eigenvalue weighted by molar-refractivity contribution is 6.31. The van der Waals surface area contributed by atoms with Crippen LogP contribution in [-0.4, -0.2) is 78.4 Å². The number of aliphatic hydroxyl groups is 1. The highest BCUT2D eigenvalue weighted by Crippen LogP contribution is 2.50. The van der Waals surface area contributed by atoms with Gasteiger partial charge < -0.3 is 19.6 Å². The molecule has 1 N–H and O–H groups in total. The molecule has 3 aliphatic rings. The maximum atomic E-state index is 14.2. The zero-order chi connectivity index (χ0) is 32.6. The number of benzene rings is 2. The summed E-state index contributed by atoms with van der Waals surface area (Å²) >= 11 is 6.46. The topological polar surface area (TPSA) is 57.0 Å². The molecule has 250 valence electrons. The van der Waals surface area contributed by atoms with E-state index in [-0.39, 0.29) is 36.2 Å². The maximum Gasteiger partial charge on any atom is 0.392 e. The second kappa shape index (κ2) is 13.7. The lowest BCUT2D eigenvalue weighted by atomic mass is 9.99. The highest BCUT2D eigenvalue weighted by Gasteiger charge is 2.55. The van der Waals surface area contributed by atoms with E-state index in [1.54, 1.807) is 6.92 Å². The van der Waals surface area contributed by atoms with E-state index in [0.717, 1.165) is 61.6 Å². The Morgan fingerprint density at radius 3 is 2.41 bits per heavy atom. The molecule has 0 bridgehead atoms. The van der Waals surface area contributed by atoms with Gasteiger partial charge in [-0.3, -0.25) is 9.58 Å². The van der Waals surface area contributed by atoms with E-state index >= 15 is 0 Å². The monoisotopic (exact) mass is 667 g/mol. The fourth-order valence-electron chi connectivity index (χ4n) is 6.95. The van der Waals surface area contributed by atoms with Gasteiger partial charge >= 0.3 is 6.18 Å². The second-order valence-electron chi connectivity index (χ2n) is 12.4. The van der Waals surface area contributed by atoms with Crippen LogP contribution < -0.4 is 9.80 Å². The van der Waals surface area contributed by atoms with Crippen LogP contribution in [0.4, 0.5) is 33.3 Å². The lowest BCUT2D eigenvalue weighted by Crippen LogP contribution is -2.47. The minimum Gasteiger partial charge on any atom is -0.369 e. The van der Waals surface area contributed by atoms with Crippen LogP contribution >= 0.6 is 11.6 Å². The molecule has 7 nitrogen and oxygen atoms in total. The molecule has 2 aromatic carbocycles. The summed E-state index contributed by atoms with van der Waals surface area (Å²) in [5, 5.41) is 15.1. The molecule has 3 aromatic rings. The lowest BCUT2D eigenvalue weighted by Gasteiger charge is -2.37. The maximum absolute atomic E-state index is 14.2. The van der Waals surface area contributed by atoms with Gasteiger partial charge in [0, 0.05) is 74.4 Å². The summed E-state index contributed by atoms with van der Waals surface area (Å²) < 4.78 is 73.8. The molecule has 6 rings (SSSR count). The Bertz CT molecular complexity index is 1480. The van der Waals surface area contributed by atoms with E-state index in [4.69, 9.17) is 16.3 Å². The molecule has 1 saturated carbocycles. The first-order valence-electron chi connectivity index (χ1n) is 15.9. The summed E-state index contributed by atoms with van der Waals surface area (Å²) in [6, 6.07) is 13.6. The number of alkyl halides is 5. The second-order valence-corrected chi connectivity index (χ2v) is 12.9. The fourth-order valence-corrected chi connectivity index (χ4v) is 7.11. The van der Waals surface area contributed by atoms with Crippen LogP contribution in [0.3, 0.4) is 0 Å². The fraction of sp³-hybridized carbons (Fsp3) is 0.545. The molecule has 46 heavy (non-hydrogen) atoms. The molecule has 0 amide bonds. The van der Waals surface area contributed by atoms with Crippen LogP contribution in [-0.2, 0) is 4.74 Å². The van der Waals surface area contributed by atoms with Gasteiger partial charge in [-0.15, -0.1) is 0 Å². The number of nitrogens with zero attached hydrogens (tertiary/aromatic N) is 5. The number of halogens is 6. The first-order chi connectivity index (χ1) is 22.0. The van der Waals surface area contributed by atoms with E-state index < -0.39 is 24.8 Å². The van der Waals surface area contributed by atoms with Gasteiger partial charge in [0.15, 0.2) is 6.29 Å². The summed E-state index contributed by atoms with van der Waals surface area (Å²) in [6.07, 6.45) is -5.45. The number of piperazine rings is 1. The summed E-state index contributed by atoms with van der Waals surface area (Å²) in [6.45, 7) is 6.49. The van der Waals surface area contributed by atoms with Crippen molar-refractivity contribution in [3.8, 4) is 11.1 Å². The van der Waals surface area contributed by atoms with E-state index in [1.807, 2.05) is 18.2 Å². The zero-order valence-electron chi connectivity index (χ0n) is 25.6. The molecule has 1 aromatic heterocycles. The molecule has 1 aliphatic carbocycles. The van der Waals surface area contributed by atoms with Gasteiger partial charge in [0.05, 0.1) is 23.7 Å². The first kappa shape index (κ1) is 33.0. The Morgan fingerprint density at radius 1 is 1.02 bits per heavy atom. The number of aliphatic hydroxyl groups excluding tert-OH is 1. The first-order valence-corrected chi connectivity index (χ1v) is 16.2. The lowest BCUT2D eigenvalue weighted by molar-refractivity contribution is -0.151. The van der Waals surface area contributed by atoms with E-state index in [0.29, 0.717) is 24.5 Å². The van der Waals surface area contributed by atoms with Crippen LogP contribution in [0.15, 0.2) is 48.7 Å². The molecule has 4 unspecified atom stereocenters. The van der Waals surface area contributed by atoms with Crippen molar-refractivity contribution in [3.63, 3.8) is 0 Å². The minimum absolute atomic E-state index is 0.0167. The van der Waals surface area contributed by atoms with Crippen LogP contribution in [0, 0.1) is 11.8 Å². The summed E-state index contributed by atoms with van der Waals surface area (Å²) in [7, 11) is 0. The molecule has 13 heteroatoms. The van der Waals surface area contributed by atoms with Gasteiger partial charge in [-0.2, -0.15) is 18.3 Å². The number of hydrogen-bond acceptors (Lipinski definition) is 6. The van der Waals surface area contributed by atoms with Crippen LogP contribution in [0.25, 0.3) is 11.1 Å². The average molecular weight is 668 g/mol. The van der Waals surface area contributed by atoms with Gasteiger partial charge in [0.2, 0.25) is 0 Å². The Kier molecular flexibility index (Phi) is 9.80. The molecule has 2 saturated heterocycles. The number of ether oxygens (including phenoxy) is 1. The van der Waals surface area contributed by atoms with Crippen LogP contribution in [0.5, 0.6) is 0 Å². The third-order valence-corrected chi connectivity index (χ3v) is 9.69. The standard InChI is InChI=1S/C33H39ClF5N5O2/c1-2-46-32(45)27-18-40-44(30(27)31(35)36)25-4-3-11-43(20-25)29-17-23(34)7-10-26(29)21-5-8-24(9-6-21)42-14-12-41(13-15-42)19-22-16-28(22)33(37,38)39/h5-10,17-18,22,25,28,31-32,45H,2-4,11-16,19-20H2,1H3. The van der Waals surface area contributed by atoms with Crippen molar-refractivity contribution in [1.82, 2.24) is 14.7 Å². The minimum atomic E-state index is -4.08. The largest absolute Gasteiger partial charge is 0.392 e. The molecule has 3 fully saturated rings. The Balaban J connectivity index is 1.14. The predicted octanol–water partition coefficient (Wildman–Crippen LogP) is 7.33. The number of aromatic nitrogens is 2. The third-order valence-electron chi connectivity index (χ3n) is 9.46. The van der Waals surface area contributed by atoms with Crippen molar-refractivity contribution in [1.29, 1.82) is 0 Å². The van der Waals surface area contributed by atoms with E-state index in [1.165, 1.54) is 10.9 Å². The predicted molar refractivity (Wildman–Crippen MR) is 167 cm³/mol. The Morgan fingerprint density at radius 2 is 1.76 bits per heavy atom. The Hall–Kier alpha value is -2.93. The molecule has 0 radical (unpaired) electrons. The number of rotatable bonds is 10. The van der Waals surface area contributed by atoms with Crippen molar-refractivity contribution in [3.05, 3.63) is 64.9 Å². The van der Waals surface area contributed by atoms with E-state index in [9.17, 15) is 27.1 Å². The molecule has 4 atom stereocenters. The molecular weight excluding hydrogens is 629 g/mol. The Labute approximate surface area is 270 Å². The van der Waals surface area contributed by atoms with Crippen LogP contribution in [0.2, 0.25) is 5.02 Å². The number of anilines is 2. The third kappa shape index (κ3) is 7.14. The molecule has 0 spiro atoms. The van der Waals surface area contributed by atoms with Gasteiger partial charge in [0.25, 0.3) is 6.43 Å². The smallest absolute Gasteiger partial charge is 0.369 e. The summed E-state index contributed by atoms with van der Waals surface area (Å²) in [4.78, 5) is 6.55. The zero-order valence-corrected chi connectivity index (χ0v) is 26.4. The SMILES string of the molecule is CCOC(O)c1cnn(C2CCCN(c3cc(Cl)ccc3-c3ccc(N4CCN(CC5CC5C(F)(F)F)CC4)cc3)C2)c1C(F)F. The van der Waals surface area contributed by atoms with Crippen molar-refractivity contribution in [2.75, 3.05) is 62.2 Å². The number of hydrogen-bond donors (Lipinski definition) is 1. The van der Waals surface area contributed by atoms with Crippen LogP contribution in [0.1, 0.15) is 56.2 Å². The summed E-state index contributed by atoms with van der Waals surface area (Å²) in [5.41, 5.74) is 3.56. The molecule has 3 heterocycles. The average Bonchev–Trinajstić information content (AvgIpc) is 3.68. The highest BCUT2D eigenvalue weighted by atomic mass is 35.5. The summed E-state index contributed by atoms with van der Waals surface area (Å²) in [5.74, 6) is -1.41. The molecular formula is C33H39ClF5N5O2. The van der Waals surface area contributed by atoms with E-state index in [2.05, 4.69) is 44.1 Å². The van der Waals surface area contributed by atoms with Gasteiger partial charge in [-0.1, -0.05) is 29.8 Å². The van der Waals surface area contributed by atoms with Gasteiger partial charge in [-0.25, -0.2) is 8.78 Å². The van der Waals surface area contributed by atoms with Crippen molar-refractivity contribution < 1.29 is 31.8 Å².